The molecule has 94 valence electrons. The number of nitrogens with one attached hydrogen (secondary N) is 2. The van der Waals surface area contributed by atoms with Gasteiger partial charge in [-0.15, -0.1) is 10.2 Å². The van der Waals surface area contributed by atoms with Crippen LogP contribution in [0.15, 0.2) is 22.7 Å². The molecule has 2 aromatic rings. The summed E-state index contributed by atoms with van der Waals surface area (Å²) in [6, 6.07) is 3.27. The molecule has 0 unspecified atom stereocenters. The Hall–Kier alpha value is -2.44. The average Bonchev–Trinajstić information content (AvgIpc) is 2.82. The minimum atomic E-state index is -0.266. The lowest BCUT2D eigenvalue weighted by Crippen LogP contribution is -2.19. The van der Waals surface area contributed by atoms with Crippen molar-refractivity contribution in [3.8, 4) is 0 Å². The Bertz CT molecular complexity index is 535. The first kappa shape index (κ1) is 12.0. The number of aromatic nitrogens is 3. The summed E-state index contributed by atoms with van der Waals surface area (Å²) in [7, 11) is 1.54. The topological polar surface area (TPSA) is 92.9 Å². The summed E-state index contributed by atoms with van der Waals surface area (Å²) < 4.78 is 5.30. The fourth-order valence-corrected chi connectivity index (χ4v) is 1.33. The standard InChI is InChI=1S/C11H13N5O2/c1-7-5-14-10(18-7)6-13-9-4-3-8(15-16-9)11(17)12-2/h3-5H,6H2,1-2H3,(H,12,17)(H,13,16). The molecule has 1 amide bonds. The van der Waals surface area contributed by atoms with E-state index in [0.717, 1.165) is 5.76 Å². The van der Waals surface area contributed by atoms with Crippen molar-refractivity contribution in [2.45, 2.75) is 13.5 Å². The van der Waals surface area contributed by atoms with Crippen LogP contribution in [-0.4, -0.2) is 28.1 Å². The first-order chi connectivity index (χ1) is 8.69. The SMILES string of the molecule is CNC(=O)c1ccc(NCc2ncc(C)o2)nn1. The third-order valence-electron chi connectivity index (χ3n) is 2.21. The van der Waals surface area contributed by atoms with E-state index in [0.29, 0.717) is 18.3 Å². The summed E-state index contributed by atoms with van der Waals surface area (Å²) >= 11 is 0. The molecule has 0 spiro atoms. The molecule has 0 saturated carbocycles. The minimum absolute atomic E-state index is 0.266. The van der Waals surface area contributed by atoms with Crippen molar-refractivity contribution < 1.29 is 9.21 Å². The summed E-state index contributed by atoms with van der Waals surface area (Å²) in [5, 5.41) is 13.1. The molecule has 2 N–H and O–H groups in total. The lowest BCUT2D eigenvalue weighted by Gasteiger charge is -2.02. The van der Waals surface area contributed by atoms with E-state index >= 15 is 0 Å². The second-order valence-corrected chi connectivity index (χ2v) is 3.60. The van der Waals surface area contributed by atoms with E-state index in [4.69, 9.17) is 4.42 Å². The summed E-state index contributed by atoms with van der Waals surface area (Å²) in [6.07, 6.45) is 1.65. The van der Waals surface area contributed by atoms with E-state index in [2.05, 4.69) is 25.8 Å². The van der Waals surface area contributed by atoms with E-state index in [1.54, 1.807) is 25.4 Å². The minimum Gasteiger partial charge on any atom is -0.444 e. The molecule has 0 bridgehead atoms. The van der Waals surface area contributed by atoms with Crippen LogP contribution in [-0.2, 0) is 6.54 Å². The maximum atomic E-state index is 11.2. The van der Waals surface area contributed by atoms with E-state index < -0.39 is 0 Å². The molecule has 7 heteroatoms. The van der Waals surface area contributed by atoms with Gasteiger partial charge >= 0.3 is 0 Å². The van der Waals surface area contributed by atoms with Gasteiger partial charge in [-0.1, -0.05) is 0 Å². The highest BCUT2D eigenvalue weighted by atomic mass is 16.4. The summed E-state index contributed by atoms with van der Waals surface area (Å²) in [5.41, 5.74) is 0.273. The summed E-state index contributed by atoms with van der Waals surface area (Å²) in [4.78, 5) is 15.3. The van der Waals surface area contributed by atoms with Gasteiger partial charge in [-0.2, -0.15) is 0 Å². The van der Waals surface area contributed by atoms with Crippen molar-refractivity contribution in [2.24, 2.45) is 0 Å². The van der Waals surface area contributed by atoms with Crippen LogP contribution in [0, 0.1) is 6.92 Å². The zero-order chi connectivity index (χ0) is 13.0. The smallest absolute Gasteiger partial charge is 0.271 e. The van der Waals surface area contributed by atoms with Gasteiger partial charge in [0, 0.05) is 7.05 Å². The van der Waals surface area contributed by atoms with Crippen LogP contribution < -0.4 is 10.6 Å². The van der Waals surface area contributed by atoms with E-state index in [1.165, 1.54) is 0 Å². The number of oxazole rings is 1. The third kappa shape index (κ3) is 2.82. The van der Waals surface area contributed by atoms with Crippen LogP contribution in [0.2, 0.25) is 0 Å². The van der Waals surface area contributed by atoms with Gasteiger partial charge in [0.15, 0.2) is 5.69 Å². The quantitative estimate of drug-likeness (QED) is 0.828. The van der Waals surface area contributed by atoms with Crippen molar-refractivity contribution in [3.63, 3.8) is 0 Å². The molecule has 0 atom stereocenters. The molecule has 0 aliphatic rings. The van der Waals surface area contributed by atoms with Gasteiger partial charge < -0.3 is 15.1 Å². The van der Waals surface area contributed by atoms with Gasteiger partial charge in [0.25, 0.3) is 5.91 Å². The Balaban J connectivity index is 1.96. The second-order valence-electron chi connectivity index (χ2n) is 3.60. The molecule has 2 heterocycles. The number of nitrogens with zero attached hydrogens (tertiary/aromatic N) is 3. The van der Waals surface area contributed by atoms with Crippen LogP contribution >= 0.6 is 0 Å². The number of rotatable bonds is 4. The Morgan fingerprint density at radius 2 is 2.22 bits per heavy atom. The Kier molecular flexibility index (Phi) is 3.52. The first-order valence-corrected chi connectivity index (χ1v) is 5.40. The molecule has 2 aromatic heterocycles. The molecule has 0 fully saturated rings. The molecule has 7 nitrogen and oxygen atoms in total. The third-order valence-corrected chi connectivity index (χ3v) is 2.21. The molecular weight excluding hydrogens is 234 g/mol. The largest absolute Gasteiger partial charge is 0.444 e. The number of carbonyl (C=O) groups is 1. The van der Waals surface area contributed by atoms with Gasteiger partial charge in [0.1, 0.15) is 11.6 Å². The fraction of sp³-hybridized carbons (Fsp3) is 0.273. The maximum Gasteiger partial charge on any atom is 0.271 e. The van der Waals surface area contributed by atoms with Crippen molar-refractivity contribution in [1.29, 1.82) is 0 Å². The zero-order valence-corrected chi connectivity index (χ0v) is 10.1. The fourth-order valence-electron chi connectivity index (χ4n) is 1.33. The van der Waals surface area contributed by atoms with Crippen molar-refractivity contribution in [1.82, 2.24) is 20.5 Å². The Labute approximate surface area is 104 Å². The molecule has 0 radical (unpaired) electrons. The molecule has 0 aliphatic heterocycles. The molecule has 0 aromatic carbocycles. The van der Waals surface area contributed by atoms with Gasteiger partial charge in [0.2, 0.25) is 5.89 Å². The Morgan fingerprint density at radius 1 is 1.39 bits per heavy atom. The van der Waals surface area contributed by atoms with Gasteiger partial charge in [-0.3, -0.25) is 4.79 Å². The predicted molar refractivity (Wildman–Crippen MR) is 64.0 cm³/mol. The second kappa shape index (κ2) is 5.26. The molecular formula is C11H13N5O2. The number of hydrogen-bond donors (Lipinski definition) is 2. The molecule has 2 rings (SSSR count). The number of aryl methyl sites for hydroxylation is 1. The maximum absolute atomic E-state index is 11.2. The van der Waals surface area contributed by atoms with Crippen molar-refractivity contribution in [3.05, 3.63) is 35.7 Å². The lowest BCUT2D eigenvalue weighted by atomic mass is 10.3. The predicted octanol–water partition coefficient (Wildman–Crippen LogP) is 0.745. The Morgan fingerprint density at radius 3 is 2.78 bits per heavy atom. The van der Waals surface area contributed by atoms with Crippen molar-refractivity contribution in [2.75, 3.05) is 12.4 Å². The number of carbonyl (C=O) groups excluding carboxylic acids is 1. The first-order valence-electron chi connectivity index (χ1n) is 5.40. The average molecular weight is 247 g/mol. The number of amides is 1. The van der Waals surface area contributed by atoms with Gasteiger partial charge in [-0.05, 0) is 19.1 Å². The molecule has 18 heavy (non-hydrogen) atoms. The number of anilines is 1. The lowest BCUT2D eigenvalue weighted by molar-refractivity contribution is 0.0957. The van der Waals surface area contributed by atoms with Crippen LogP contribution in [0.1, 0.15) is 22.1 Å². The van der Waals surface area contributed by atoms with Gasteiger partial charge in [0.05, 0.1) is 12.7 Å². The van der Waals surface area contributed by atoms with Crippen LogP contribution in [0.5, 0.6) is 0 Å². The number of hydrogen-bond acceptors (Lipinski definition) is 6. The highest BCUT2D eigenvalue weighted by Crippen LogP contribution is 2.06. The van der Waals surface area contributed by atoms with E-state index in [-0.39, 0.29) is 11.6 Å². The summed E-state index contributed by atoms with van der Waals surface area (Å²) in [5.74, 6) is 1.62. The monoisotopic (exact) mass is 247 g/mol. The van der Waals surface area contributed by atoms with E-state index in [9.17, 15) is 4.79 Å². The van der Waals surface area contributed by atoms with E-state index in [1.807, 2.05) is 6.92 Å². The molecule has 0 aliphatic carbocycles. The van der Waals surface area contributed by atoms with Crippen molar-refractivity contribution >= 4 is 11.7 Å². The normalized spacial score (nSPS) is 10.1. The zero-order valence-electron chi connectivity index (χ0n) is 10.1. The molecule has 0 saturated heterocycles. The van der Waals surface area contributed by atoms with Gasteiger partial charge in [-0.25, -0.2) is 4.98 Å². The van der Waals surface area contributed by atoms with Crippen LogP contribution in [0.4, 0.5) is 5.82 Å². The van der Waals surface area contributed by atoms with Crippen LogP contribution in [0.3, 0.4) is 0 Å². The highest BCUT2D eigenvalue weighted by molar-refractivity contribution is 5.91. The van der Waals surface area contributed by atoms with Crippen LogP contribution in [0.25, 0.3) is 0 Å². The summed E-state index contributed by atoms with van der Waals surface area (Å²) in [6.45, 7) is 2.25. The highest BCUT2D eigenvalue weighted by Gasteiger charge is 2.06.